The van der Waals surface area contributed by atoms with Gasteiger partial charge in [0, 0.05) is 24.0 Å². The Labute approximate surface area is 108 Å². The molecule has 0 amide bonds. The summed E-state index contributed by atoms with van der Waals surface area (Å²) in [6, 6.07) is 7.56. The second-order valence-corrected chi connectivity index (χ2v) is 3.92. The van der Waals surface area contributed by atoms with E-state index in [0.717, 1.165) is 5.56 Å². The van der Waals surface area contributed by atoms with E-state index in [0.29, 0.717) is 10.8 Å². The van der Waals surface area contributed by atoms with E-state index in [1.165, 1.54) is 24.4 Å². The lowest BCUT2D eigenvalue weighted by Crippen LogP contribution is -1.97. The van der Waals surface area contributed by atoms with Crippen molar-refractivity contribution in [1.82, 2.24) is 4.98 Å². The van der Waals surface area contributed by atoms with Crippen molar-refractivity contribution in [3.8, 4) is 11.8 Å². The number of nitrogens with zero attached hydrogens (tertiary/aromatic N) is 2. The predicted octanol–water partition coefficient (Wildman–Crippen LogP) is 3.32. The van der Waals surface area contributed by atoms with E-state index in [-0.39, 0.29) is 12.2 Å². The van der Waals surface area contributed by atoms with Crippen LogP contribution in [0, 0.1) is 17.1 Å². The van der Waals surface area contributed by atoms with Gasteiger partial charge in [0.1, 0.15) is 24.2 Å². The monoisotopic (exact) mass is 262 g/mol. The molecule has 18 heavy (non-hydrogen) atoms. The van der Waals surface area contributed by atoms with Gasteiger partial charge in [-0.05, 0) is 18.2 Å². The Hall–Kier alpha value is -2.12. The van der Waals surface area contributed by atoms with Gasteiger partial charge in [-0.2, -0.15) is 5.26 Å². The van der Waals surface area contributed by atoms with Gasteiger partial charge in [-0.1, -0.05) is 11.6 Å². The van der Waals surface area contributed by atoms with E-state index in [4.69, 9.17) is 21.6 Å². The van der Waals surface area contributed by atoms with Crippen LogP contribution in [0.25, 0.3) is 0 Å². The first-order chi connectivity index (χ1) is 8.70. The van der Waals surface area contributed by atoms with Crippen LogP contribution >= 0.6 is 11.6 Å². The normalized spacial score (nSPS) is 9.83. The minimum absolute atomic E-state index is 0.00991. The van der Waals surface area contributed by atoms with Crippen molar-refractivity contribution in [1.29, 1.82) is 5.26 Å². The largest absolute Gasteiger partial charge is 0.489 e. The first-order valence-corrected chi connectivity index (χ1v) is 5.49. The molecule has 1 heterocycles. The number of rotatable bonds is 3. The molecule has 0 saturated carbocycles. The first-order valence-electron chi connectivity index (χ1n) is 5.11. The average molecular weight is 263 g/mol. The third-order valence-electron chi connectivity index (χ3n) is 2.31. The Morgan fingerprint density at radius 1 is 1.39 bits per heavy atom. The number of nitriles is 1. The number of halogens is 2. The summed E-state index contributed by atoms with van der Waals surface area (Å²) >= 11 is 5.91. The zero-order valence-corrected chi connectivity index (χ0v) is 9.99. The van der Waals surface area contributed by atoms with Gasteiger partial charge < -0.3 is 4.74 Å². The number of pyridine rings is 1. The highest BCUT2D eigenvalue weighted by atomic mass is 35.5. The molecule has 0 atom stereocenters. The summed E-state index contributed by atoms with van der Waals surface area (Å²) in [6.07, 6.45) is 3.11. The van der Waals surface area contributed by atoms with Crippen molar-refractivity contribution < 1.29 is 9.13 Å². The van der Waals surface area contributed by atoms with Gasteiger partial charge in [0.05, 0.1) is 10.6 Å². The Morgan fingerprint density at radius 3 is 2.89 bits per heavy atom. The molecule has 0 aliphatic carbocycles. The van der Waals surface area contributed by atoms with Gasteiger partial charge in [-0.25, -0.2) is 4.39 Å². The number of ether oxygens (including phenoxy) is 1. The predicted molar refractivity (Wildman–Crippen MR) is 64.7 cm³/mol. The summed E-state index contributed by atoms with van der Waals surface area (Å²) < 4.78 is 18.7. The molecule has 2 aromatic rings. The van der Waals surface area contributed by atoms with Gasteiger partial charge in [-0.3, -0.25) is 4.98 Å². The van der Waals surface area contributed by atoms with E-state index in [9.17, 15) is 4.39 Å². The summed E-state index contributed by atoms with van der Waals surface area (Å²) in [5.41, 5.74) is 0.751. The fourth-order valence-electron chi connectivity index (χ4n) is 1.36. The Kier molecular flexibility index (Phi) is 3.75. The van der Waals surface area contributed by atoms with E-state index in [2.05, 4.69) is 4.98 Å². The van der Waals surface area contributed by atoms with Crippen molar-refractivity contribution in [2.24, 2.45) is 0 Å². The third-order valence-corrected chi connectivity index (χ3v) is 2.65. The maximum Gasteiger partial charge on any atom is 0.144 e. The Balaban J connectivity index is 2.10. The molecule has 0 N–H and O–H groups in total. The highest BCUT2D eigenvalue weighted by Gasteiger charge is 2.05. The summed E-state index contributed by atoms with van der Waals surface area (Å²) in [5.74, 6) is -0.254. The van der Waals surface area contributed by atoms with Crippen molar-refractivity contribution in [3.05, 3.63) is 58.6 Å². The van der Waals surface area contributed by atoms with Gasteiger partial charge in [-0.15, -0.1) is 0 Å². The van der Waals surface area contributed by atoms with Crippen LogP contribution in [0.4, 0.5) is 4.39 Å². The molecule has 0 aliphatic rings. The van der Waals surface area contributed by atoms with Crippen LogP contribution in [0.1, 0.15) is 11.1 Å². The molecular formula is C13H8ClFN2O. The van der Waals surface area contributed by atoms with Gasteiger partial charge in [0.25, 0.3) is 0 Å². The molecule has 0 bridgehead atoms. The minimum atomic E-state index is -0.601. The second-order valence-electron chi connectivity index (χ2n) is 3.51. The molecule has 0 radical (unpaired) electrons. The molecule has 90 valence electrons. The van der Waals surface area contributed by atoms with Crippen LogP contribution in [0.15, 0.2) is 36.7 Å². The molecule has 0 fully saturated rings. The van der Waals surface area contributed by atoms with Crippen LogP contribution in [-0.4, -0.2) is 4.98 Å². The lowest BCUT2D eigenvalue weighted by Gasteiger charge is -2.07. The third kappa shape index (κ3) is 2.76. The number of hydrogen-bond acceptors (Lipinski definition) is 3. The summed E-state index contributed by atoms with van der Waals surface area (Å²) in [7, 11) is 0. The van der Waals surface area contributed by atoms with Crippen LogP contribution < -0.4 is 4.74 Å². The number of benzene rings is 1. The maximum absolute atomic E-state index is 13.3. The van der Waals surface area contributed by atoms with Crippen LogP contribution in [-0.2, 0) is 6.61 Å². The topological polar surface area (TPSA) is 45.9 Å². The summed E-state index contributed by atoms with van der Waals surface area (Å²) in [4.78, 5) is 3.85. The SMILES string of the molecule is N#Cc1ccc(OCc2ccncc2Cl)cc1F. The molecule has 1 aromatic heterocycles. The lowest BCUT2D eigenvalue weighted by atomic mass is 10.2. The molecule has 3 nitrogen and oxygen atoms in total. The summed E-state index contributed by atoms with van der Waals surface area (Å²) in [6.45, 7) is 0.215. The highest BCUT2D eigenvalue weighted by molar-refractivity contribution is 6.31. The molecule has 0 spiro atoms. The van der Waals surface area contributed by atoms with Crippen molar-refractivity contribution >= 4 is 11.6 Å². The minimum Gasteiger partial charge on any atom is -0.489 e. The van der Waals surface area contributed by atoms with E-state index >= 15 is 0 Å². The van der Waals surface area contributed by atoms with E-state index < -0.39 is 5.82 Å². The molecule has 0 aliphatic heterocycles. The maximum atomic E-state index is 13.3. The van der Waals surface area contributed by atoms with Crippen molar-refractivity contribution in [3.63, 3.8) is 0 Å². The fraction of sp³-hybridized carbons (Fsp3) is 0.0769. The number of hydrogen-bond donors (Lipinski definition) is 0. The van der Waals surface area contributed by atoms with Crippen molar-refractivity contribution in [2.75, 3.05) is 0 Å². The zero-order chi connectivity index (χ0) is 13.0. The average Bonchev–Trinajstić information content (AvgIpc) is 2.38. The van der Waals surface area contributed by atoms with E-state index in [1.54, 1.807) is 18.3 Å². The van der Waals surface area contributed by atoms with Crippen LogP contribution in [0.2, 0.25) is 5.02 Å². The molecular weight excluding hydrogens is 255 g/mol. The van der Waals surface area contributed by atoms with Gasteiger partial charge in [0.2, 0.25) is 0 Å². The molecule has 0 saturated heterocycles. The molecule has 0 unspecified atom stereocenters. The molecule has 5 heteroatoms. The molecule has 1 aromatic carbocycles. The number of aromatic nitrogens is 1. The van der Waals surface area contributed by atoms with Crippen molar-refractivity contribution in [2.45, 2.75) is 6.61 Å². The molecule has 2 rings (SSSR count). The van der Waals surface area contributed by atoms with E-state index in [1.807, 2.05) is 0 Å². The zero-order valence-electron chi connectivity index (χ0n) is 9.23. The fourth-order valence-corrected chi connectivity index (χ4v) is 1.53. The first kappa shape index (κ1) is 12.3. The summed E-state index contributed by atoms with van der Waals surface area (Å²) in [5, 5.41) is 9.09. The van der Waals surface area contributed by atoms with Gasteiger partial charge >= 0.3 is 0 Å². The van der Waals surface area contributed by atoms with Crippen LogP contribution in [0.5, 0.6) is 5.75 Å². The smallest absolute Gasteiger partial charge is 0.144 e. The highest BCUT2D eigenvalue weighted by Crippen LogP contribution is 2.19. The standard InChI is InChI=1S/C13H8ClFN2O/c14-12-7-17-4-3-10(12)8-18-11-2-1-9(6-16)13(15)5-11/h1-5,7H,8H2. The van der Waals surface area contributed by atoms with Crippen LogP contribution in [0.3, 0.4) is 0 Å². The van der Waals surface area contributed by atoms with Gasteiger partial charge in [0.15, 0.2) is 0 Å². The lowest BCUT2D eigenvalue weighted by molar-refractivity contribution is 0.304. The second kappa shape index (κ2) is 5.48. The quantitative estimate of drug-likeness (QED) is 0.852. The Bertz CT molecular complexity index is 610. The Morgan fingerprint density at radius 2 is 2.22 bits per heavy atom.